The number of barbiturate groups is 1. The molecular formula is C43H51N9O8. The highest BCUT2D eigenvalue weighted by Gasteiger charge is 2.36. The number of urea groups is 1. The average molecular weight is 822 g/mol. The van der Waals surface area contributed by atoms with Crippen LogP contribution in [0.3, 0.4) is 0 Å². The summed E-state index contributed by atoms with van der Waals surface area (Å²) in [5.41, 5.74) is 14.8. The maximum absolute atomic E-state index is 13.3. The summed E-state index contributed by atoms with van der Waals surface area (Å²) in [7, 11) is 7.62. The number of aryl methyl sites for hydroxylation is 1. The van der Waals surface area contributed by atoms with Gasteiger partial charge in [-0.2, -0.15) is 0 Å². The van der Waals surface area contributed by atoms with E-state index in [9.17, 15) is 29.1 Å². The Balaban J connectivity index is 0.000000354. The Morgan fingerprint density at radius 3 is 1.73 bits per heavy atom. The first-order valence-electron chi connectivity index (χ1n) is 18.1. The fourth-order valence-electron chi connectivity index (χ4n) is 5.64. The Kier molecular flexibility index (Phi) is 17.1. The Morgan fingerprint density at radius 2 is 1.27 bits per heavy atom. The van der Waals surface area contributed by atoms with E-state index in [-0.39, 0.29) is 37.5 Å². The van der Waals surface area contributed by atoms with Gasteiger partial charge in [0.05, 0.1) is 12.1 Å². The number of carbonyl (C=O) groups excluding carboxylic acids is 5. The molecule has 0 unspecified atom stereocenters. The molecule has 1 aliphatic rings. The van der Waals surface area contributed by atoms with Crippen LogP contribution in [0.4, 0.5) is 16.2 Å². The predicted molar refractivity (Wildman–Crippen MR) is 231 cm³/mol. The lowest BCUT2D eigenvalue weighted by molar-refractivity contribution is -0.130. The zero-order chi connectivity index (χ0) is 43.4. The number of aliphatic hydroxyl groups is 2. The largest absolute Gasteiger partial charge is 0.505 e. The van der Waals surface area contributed by atoms with E-state index < -0.39 is 42.6 Å². The van der Waals surface area contributed by atoms with E-state index in [0.717, 1.165) is 21.8 Å². The highest BCUT2D eigenvalue weighted by molar-refractivity contribution is 6.31. The molecule has 17 nitrogen and oxygen atoms in total. The number of hydrogen-bond donors (Lipinski definition) is 6. The van der Waals surface area contributed by atoms with Crippen molar-refractivity contribution in [1.29, 1.82) is 0 Å². The number of nitrogens with one attached hydrogen (secondary N) is 1. The number of ketones is 2. The molecule has 6 rings (SSSR count). The van der Waals surface area contributed by atoms with Crippen molar-refractivity contribution in [1.82, 2.24) is 25.2 Å². The van der Waals surface area contributed by atoms with Gasteiger partial charge in [0.25, 0.3) is 11.8 Å². The third-order valence-electron chi connectivity index (χ3n) is 8.66. The van der Waals surface area contributed by atoms with Crippen LogP contribution in [-0.4, -0.2) is 113 Å². The Morgan fingerprint density at radius 1 is 0.783 bits per heavy atom. The third-order valence-corrected chi connectivity index (χ3v) is 8.66. The molecule has 0 saturated carbocycles. The number of nitrogens with zero attached hydrogens (tertiary/aromatic N) is 6. The van der Waals surface area contributed by atoms with Crippen molar-refractivity contribution in [3.8, 4) is 11.4 Å². The molecule has 0 radical (unpaired) electrons. The second kappa shape index (κ2) is 21.6. The Labute approximate surface area is 347 Å². The fourth-order valence-corrected chi connectivity index (χ4v) is 5.64. The first kappa shape index (κ1) is 47.3. The topological polar surface area (TPSA) is 251 Å². The van der Waals surface area contributed by atoms with E-state index in [4.69, 9.17) is 10.2 Å². The summed E-state index contributed by atoms with van der Waals surface area (Å²) >= 11 is 0. The number of Topliss-reactive ketones (excluding diaryl/α,β-unsaturated/α-hetero) is 2. The first-order chi connectivity index (χ1) is 28.1. The van der Waals surface area contributed by atoms with Gasteiger partial charge >= 0.3 is 6.03 Å². The van der Waals surface area contributed by atoms with Crippen molar-refractivity contribution in [2.45, 2.75) is 20.9 Å². The standard InChI is InChI=1S/C27H24N6O4.C14H17NO4.CH6N2.CH4/c1-16-12-18(24(34)23(13-16)33-29-21-6-4-5-7-22(21)30-33)15-32-26(36)20(25(35)28-27(32)37)14-17-8-10-19(11-9-17)31(2)3;1-15(2)11-5-3-10(4-6-11)7-12(13(18)8-16)14(19)9-17;2-1-3;/h4-14,34H,15H2,1-3H3,(H,28,35,37);3-7,16-17H,8-9H2,1-2H3;1-3H2;1H4/b20-14+;;;. The lowest BCUT2D eigenvalue weighted by Crippen LogP contribution is -2.53. The molecule has 8 N–H and O–H groups in total. The van der Waals surface area contributed by atoms with Crippen molar-refractivity contribution in [2.75, 3.05) is 57.9 Å². The number of aromatic nitrogens is 3. The zero-order valence-electron chi connectivity index (χ0n) is 33.3. The molecule has 1 fully saturated rings. The Bertz CT molecular complexity index is 2340. The lowest BCUT2D eigenvalue weighted by Gasteiger charge is -2.27. The van der Waals surface area contributed by atoms with Crippen LogP contribution in [-0.2, 0) is 25.7 Å². The van der Waals surface area contributed by atoms with Gasteiger partial charge < -0.3 is 36.6 Å². The number of carbonyl (C=O) groups is 5. The molecular weight excluding hydrogens is 771 g/mol. The molecule has 0 atom stereocenters. The number of benzene rings is 4. The summed E-state index contributed by atoms with van der Waals surface area (Å²) in [6.07, 6.45) is 2.81. The van der Waals surface area contributed by atoms with Gasteiger partial charge in [-0.15, -0.1) is 15.0 Å². The van der Waals surface area contributed by atoms with Crippen molar-refractivity contribution >= 4 is 64.0 Å². The van der Waals surface area contributed by atoms with Crippen LogP contribution in [0.2, 0.25) is 0 Å². The monoisotopic (exact) mass is 821 g/mol. The second-order valence-corrected chi connectivity index (χ2v) is 13.4. The number of nitrogens with two attached hydrogens (primary N) is 2. The fraction of sp³-hybridized carbons (Fsp3) is 0.233. The maximum atomic E-state index is 13.3. The number of anilines is 2. The number of imide groups is 2. The number of phenols is 1. The minimum Gasteiger partial charge on any atom is -0.505 e. The van der Waals surface area contributed by atoms with Gasteiger partial charge in [0.15, 0.2) is 11.6 Å². The van der Waals surface area contributed by atoms with E-state index in [2.05, 4.69) is 27.0 Å². The highest BCUT2D eigenvalue weighted by atomic mass is 16.3. The van der Waals surface area contributed by atoms with E-state index in [0.29, 0.717) is 33.4 Å². The molecule has 4 aromatic carbocycles. The van der Waals surface area contributed by atoms with Crippen molar-refractivity contribution < 1.29 is 39.3 Å². The van der Waals surface area contributed by atoms with Gasteiger partial charge in [-0.05, 0) is 78.2 Å². The molecule has 0 bridgehead atoms. The third kappa shape index (κ3) is 11.8. The lowest BCUT2D eigenvalue weighted by atomic mass is 10.0. The summed E-state index contributed by atoms with van der Waals surface area (Å²) in [4.78, 5) is 67.3. The normalized spacial score (nSPS) is 12.7. The summed E-state index contributed by atoms with van der Waals surface area (Å²) in [6.45, 7) is 0.302. The highest BCUT2D eigenvalue weighted by Crippen LogP contribution is 2.30. The van der Waals surface area contributed by atoms with E-state index in [1.54, 1.807) is 36.4 Å². The second-order valence-electron chi connectivity index (χ2n) is 13.4. The molecule has 2 heterocycles. The number of hydrogen-bond acceptors (Lipinski definition) is 14. The molecule has 316 valence electrons. The molecule has 1 aliphatic heterocycles. The van der Waals surface area contributed by atoms with E-state index in [1.807, 2.05) is 93.4 Å². The number of phenolic OH excluding ortho intramolecular Hbond substituents is 1. The van der Waals surface area contributed by atoms with Crippen LogP contribution in [0.5, 0.6) is 5.75 Å². The molecule has 1 aromatic heterocycles. The predicted octanol–water partition coefficient (Wildman–Crippen LogP) is 2.92. The molecule has 4 amide bonds. The summed E-state index contributed by atoms with van der Waals surface area (Å²) < 4.78 is 0. The van der Waals surface area contributed by atoms with Gasteiger partial charge in [-0.3, -0.25) is 29.4 Å². The molecule has 60 heavy (non-hydrogen) atoms. The van der Waals surface area contributed by atoms with Crippen LogP contribution in [0.25, 0.3) is 28.9 Å². The molecule has 1 saturated heterocycles. The first-order valence-corrected chi connectivity index (χ1v) is 18.1. The average Bonchev–Trinajstić information content (AvgIpc) is 3.66. The van der Waals surface area contributed by atoms with Crippen LogP contribution >= 0.6 is 0 Å². The minimum atomic E-state index is -0.861. The zero-order valence-corrected chi connectivity index (χ0v) is 33.3. The van der Waals surface area contributed by atoms with Crippen molar-refractivity contribution in [2.24, 2.45) is 11.5 Å². The van der Waals surface area contributed by atoms with Gasteiger partial charge in [0, 0.05) is 51.8 Å². The SMILES string of the molecule is C.CN(C)c1ccc(C=C(C(=O)CO)C(=O)CO)cc1.Cc1cc(CN2C(=O)NC(=O)/C(=C\c3ccc(N(C)C)cc3)C2=O)c(O)c(-n2nc3ccccc3n2)c1.NCN. The molecule has 5 aromatic rings. The number of aliphatic hydroxyl groups excluding tert-OH is 2. The van der Waals surface area contributed by atoms with Crippen LogP contribution < -0.4 is 26.6 Å². The Hall–Kier alpha value is -7.05. The van der Waals surface area contributed by atoms with E-state index in [1.165, 1.54) is 16.9 Å². The summed E-state index contributed by atoms with van der Waals surface area (Å²) in [5.74, 6) is -3.10. The number of rotatable bonds is 11. The van der Waals surface area contributed by atoms with Gasteiger partial charge in [-0.1, -0.05) is 49.9 Å². The minimum absolute atomic E-state index is 0. The quantitative estimate of drug-likeness (QED) is 0.0486. The number of aromatic hydroxyl groups is 1. The van der Waals surface area contributed by atoms with Gasteiger partial charge in [0.2, 0.25) is 0 Å². The smallest absolute Gasteiger partial charge is 0.331 e. The number of fused-ring (bicyclic) bond motifs is 1. The van der Waals surface area contributed by atoms with Gasteiger partial charge in [0.1, 0.15) is 41.3 Å². The molecule has 17 heteroatoms. The van der Waals surface area contributed by atoms with E-state index >= 15 is 0 Å². The van der Waals surface area contributed by atoms with Crippen LogP contribution in [0.15, 0.2) is 96.1 Å². The summed E-state index contributed by atoms with van der Waals surface area (Å²) in [5, 5.41) is 39.7. The van der Waals surface area contributed by atoms with Crippen LogP contribution in [0.1, 0.15) is 29.7 Å². The maximum Gasteiger partial charge on any atom is 0.331 e. The van der Waals surface area contributed by atoms with Crippen molar-refractivity contribution in [3.63, 3.8) is 0 Å². The number of amides is 4. The van der Waals surface area contributed by atoms with Gasteiger partial charge in [-0.25, -0.2) is 4.79 Å². The molecule has 0 spiro atoms. The summed E-state index contributed by atoms with van der Waals surface area (Å²) in [6, 6.07) is 24.3. The van der Waals surface area contributed by atoms with Crippen LogP contribution in [0, 0.1) is 6.92 Å². The molecule has 0 aliphatic carbocycles. The van der Waals surface area contributed by atoms with Crippen molar-refractivity contribution in [3.05, 3.63) is 118 Å².